The molecule has 0 aliphatic rings. The monoisotopic (exact) mass is 707 g/mol. The summed E-state index contributed by atoms with van der Waals surface area (Å²) in [5.74, 6) is -0.748. The van der Waals surface area contributed by atoms with Crippen LogP contribution in [-0.2, 0) is 54.9 Å². The van der Waals surface area contributed by atoms with Crippen molar-refractivity contribution < 1.29 is 51.7 Å². The molecular formula is C34H50N3O11P. The summed E-state index contributed by atoms with van der Waals surface area (Å²) in [5.41, 5.74) is 8.11. The second-order valence-corrected chi connectivity index (χ2v) is 12.5. The van der Waals surface area contributed by atoms with Crippen LogP contribution in [0, 0.1) is 0 Å². The summed E-state index contributed by atoms with van der Waals surface area (Å²) in [7, 11) is -2.62. The van der Waals surface area contributed by atoms with E-state index in [9.17, 15) is 18.9 Å². The number of rotatable bonds is 24. The number of hydrogen-bond acceptors (Lipinski definition) is 11. The van der Waals surface area contributed by atoms with Crippen molar-refractivity contribution in [3.63, 3.8) is 0 Å². The van der Waals surface area contributed by atoms with Crippen LogP contribution in [0.1, 0.15) is 56.6 Å². The van der Waals surface area contributed by atoms with Crippen LogP contribution in [0.5, 0.6) is 0 Å². The zero-order valence-corrected chi connectivity index (χ0v) is 29.4. The van der Waals surface area contributed by atoms with Crippen molar-refractivity contribution in [2.75, 3.05) is 59.8 Å². The summed E-state index contributed by atoms with van der Waals surface area (Å²) >= 11 is 0. The SMILES string of the molecule is CCCCOC(=O)CN(C)C(N)=NP(=O)(OCCCCOC(=O)OCCc1ccccc1)OCCCCOC(=O)OCCc1ccccc1. The van der Waals surface area contributed by atoms with Crippen LogP contribution < -0.4 is 5.73 Å². The minimum atomic E-state index is -4.12. The molecule has 0 amide bonds. The van der Waals surface area contributed by atoms with E-state index < -0.39 is 26.0 Å². The number of likely N-dealkylation sites (N-methyl/N-ethyl adjacent to an activating group) is 1. The van der Waals surface area contributed by atoms with Gasteiger partial charge in [-0.15, -0.1) is 4.76 Å². The Bertz CT molecular complexity index is 1230. The summed E-state index contributed by atoms with van der Waals surface area (Å²) in [4.78, 5) is 37.1. The highest BCUT2D eigenvalue weighted by molar-refractivity contribution is 7.52. The Labute approximate surface area is 288 Å². The molecule has 49 heavy (non-hydrogen) atoms. The molecule has 0 saturated heterocycles. The fourth-order valence-corrected chi connectivity index (χ4v) is 5.22. The molecule has 2 aromatic rings. The van der Waals surface area contributed by atoms with Crippen molar-refractivity contribution in [1.82, 2.24) is 4.90 Å². The summed E-state index contributed by atoms with van der Waals surface area (Å²) in [6, 6.07) is 19.2. The molecule has 0 aliphatic heterocycles. The zero-order valence-electron chi connectivity index (χ0n) is 28.5. The van der Waals surface area contributed by atoms with Gasteiger partial charge < -0.3 is 34.3 Å². The number of ether oxygens (including phenoxy) is 5. The molecule has 0 radical (unpaired) electrons. The van der Waals surface area contributed by atoms with Crippen molar-refractivity contribution in [2.45, 2.75) is 58.3 Å². The van der Waals surface area contributed by atoms with Crippen molar-refractivity contribution in [1.29, 1.82) is 0 Å². The van der Waals surface area contributed by atoms with E-state index in [1.807, 2.05) is 67.6 Å². The van der Waals surface area contributed by atoms with Gasteiger partial charge in [-0.2, -0.15) is 0 Å². The molecule has 2 aromatic carbocycles. The van der Waals surface area contributed by atoms with Crippen molar-refractivity contribution in [3.05, 3.63) is 71.8 Å². The number of esters is 1. The van der Waals surface area contributed by atoms with Gasteiger partial charge in [0.15, 0.2) is 0 Å². The molecule has 0 aromatic heterocycles. The molecule has 0 atom stereocenters. The van der Waals surface area contributed by atoms with Crippen LogP contribution in [-0.4, -0.2) is 89.0 Å². The van der Waals surface area contributed by atoms with Crippen LogP contribution in [0.2, 0.25) is 0 Å². The van der Waals surface area contributed by atoms with Crippen LogP contribution in [0.3, 0.4) is 0 Å². The first-order valence-electron chi connectivity index (χ1n) is 16.5. The van der Waals surface area contributed by atoms with Crippen LogP contribution >= 0.6 is 7.75 Å². The third kappa shape index (κ3) is 20.1. The first-order valence-corrected chi connectivity index (χ1v) is 18.0. The largest absolute Gasteiger partial charge is 0.508 e. The third-order valence-corrected chi connectivity index (χ3v) is 8.14. The normalized spacial score (nSPS) is 11.4. The van der Waals surface area contributed by atoms with E-state index in [1.54, 1.807) is 0 Å². The van der Waals surface area contributed by atoms with E-state index in [4.69, 9.17) is 38.5 Å². The Morgan fingerprint density at radius 3 is 1.55 bits per heavy atom. The quantitative estimate of drug-likeness (QED) is 0.0333. The number of guanidine groups is 1. The van der Waals surface area contributed by atoms with E-state index in [-0.39, 0.29) is 58.8 Å². The molecule has 272 valence electrons. The Kier molecular flexibility index (Phi) is 20.9. The molecule has 14 nitrogen and oxygen atoms in total. The van der Waals surface area contributed by atoms with Crippen LogP contribution in [0.15, 0.2) is 65.4 Å². The lowest BCUT2D eigenvalue weighted by Crippen LogP contribution is -2.38. The minimum absolute atomic E-state index is 0.0405. The number of carbonyl (C=O) groups is 3. The average molecular weight is 708 g/mol. The topological polar surface area (TPSA) is 175 Å². The van der Waals surface area contributed by atoms with Crippen molar-refractivity contribution in [2.24, 2.45) is 10.5 Å². The van der Waals surface area contributed by atoms with Gasteiger partial charge in [0.25, 0.3) is 0 Å². The second kappa shape index (κ2) is 24.9. The molecular weight excluding hydrogens is 657 g/mol. The molecule has 0 aliphatic carbocycles. The number of hydrogen-bond donors (Lipinski definition) is 1. The van der Waals surface area contributed by atoms with Gasteiger partial charge in [-0.3, -0.25) is 13.8 Å². The molecule has 15 heteroatoms. The van der Waals surface area contributed by atoms with Gasteiger partial charge in [-0.05, 0) is 43.2 Å². The molecule has 0 spiro atoms. The number of unbranched alkanes of at least 4 members (excludes halogenated alkanes) is 3. The highest BCUT2D eigenvalue weighted by Gasteiger charge is 2.26. The Morgan fingerprint density at radius 1 is 0.653 bits per heavy atom. The van der Waals surface area contributed by atoms with Gasteiger partial charge in [0.2, 0.25) is 5.96 Å². The van der Waals surface area contributed by atoms with E-state index in [0.29, 0.717) is 38.5 Å². The average Bonchev–Trinajstić information content (AvgIpc) is 3.09. The Morgan fingerprint density at radius 2 is 1.08 bits per heavy atom. The summed E-state index contributed by atoms with van der Waals surface area (Å²) in [5, 5.41) is 0. The van der Waals surface area contributed by atoms with Gasteiger partial charge in [0, 0.05) is 19.9 Å². The Balaban J connectivity index is 1.75. The molecule has 2 N–H and O–H groups in total. The molecule has 0 bridgehead atoms. The summed E-state index contributed by atoms with van der Waals surface area (Å²) in [6.45, 7) is 2.51. The summed E-state index contributed by atoms with van der Waals surface area (Å²) < 4.78 is 54.0. The molecule has 0 heterocycles. The number of carbonyl (C=O) groups excluding carboxylic acids is 3. The maximum Gasteiger partial charge on any atom is 0.508 e. The van der Waals surface area contributed by atoms with Gasteiger partial charge >= 0.3 is 26.0 Å². The van der Waals surface area contributed by atoms with E-state index in [2.05, 4.69) is 4.76 Å². The fraction of sp³-hybridized carbons (Fsp3) is 0.529. The molecule has 2 rings (SSSR count). The van der Waals surface area contributed by atoms with Crippen molar-refractivity contribution in [3.8, 4) is 0 Å². The first-order chi connectivity index (χ1) is 23.7. The fourth-order valence-electron chi connectivity index (χ4n) is 3.90. The lowest BCUT2D eigenvalue weighted by Gasteiger charge is -2.20. The lowest BCUT2D eigenvalue weighted by atomic mass is 10.2. The number of nitrogens with zero attached hydrogens (tertiary/aromatic N) is 2. The van der Waals surface area contributed by atoms with Gasteiger partial charge in [-0.1, -0.05) is 74.0 Å². The molecule has 0 unspecified atom stereocenters. The van der Waals surface area contributed by atoms with Gasteiger partial charge in [-0.25, -0.2) is 14.2 Å². The maximum atomic E-state index is 13.5. The first kappa shape index (κ1) is 41.0. The lowest BCUT2D eigenvalue weighted by molar-refractivity contribution is -0.143. The molecule has 0 saturated carbocycles. The van der Waals surface area contributed by atoms with Crippen LogP contribution in [0.25, 0.3) is 0 Å². The van der Waals surface area contributed by atoms with Crippen LogP contribution in [0.4, 0.5) is 9.59 Å². The summed E-state index contributed by atoms with van der Waals surface area (Å²) in [6.07, 6.45) is 2.73. The van der Waals surface area contributed by atoms with E-state index >= 15 is 0 Å². The van der Waals surface area contributed by atoms with Crippen molar-refractivity contribution >= 4 is 32.0 Å². The van der Waals surface area contributed by atoms with Gasteiger partial charge in [0.05, 0.1) is 46.2 Å². The highest BCUT2D eigenvalue weighted by Crippen LogP contribution is 2.50. The Hall–Kier alpha value is -4.13. The zero-order chi connectivity index (χ0) is 35.6. The predicted molar refractivity (Wildman–Crippen MR) is 183 cm³/mol. The number of nitrogens with two attached hydrogens (primary N) is 1. The van der Waals surface area contributed by atoms with Gasteiger partial charge in [0.1, 0.15) is 6.54 Å². The molecule has 0 fully saturated rings. The standard InChI is InChI=1S/C34H50N3O11P/c1-3-4-21-42-31(38)28-37(2)32(35)36-49(41,47-24-13-11-22-43-33(39)45-26-19-29-15-7-5-8-16-29)48-25-14-12-23-44-34(40)46-27-20-30-17-9-6-10-18-30/h5-10,15-18H,3-4,11-14,19-28H2,1-2H3,(H2,35,36,41). The maximum absolute atomic E-state index is 13.5. The number of benzene rings is 2. The minimum Gasteiger partial charge on any atom is -0.464 e. The van der Waals surface area contributed by atoms with E-state index in [1.165, 1.54) is 11.9 Å². The highest BCUT2D eigenvalue weighted by atomic mass is 31.2. The smallest absolute Gasteiger partial charge is 0.464 e. The second-order valence-electron chi connectivity index (χ2n) is 10.8. The third-order valence-electron chi connectivity index (χ3n) is 6.68. The van der Waals surface area contributed by atoms with E-state index in [0.717, 1.165) is 24.0 Å². The predicted octanol–water partition coefficient (Wildman–Crippen LogP) is 6.07.